The Morgan fingerprint density at radius 3 is 1.15 bits per heavy atom. The van der Waals surface area contributed by atoms with Gasteiger partial charge in [0.2, 0.25) is 0 Å². The van der Waals surface area contributed by atoms with Crippen molar-refractivity contribution in [2.24, 2.45) is 5.92 Å². The second-order valence-corrected chi connectivity index (χ2v) is 12.2. The van der Waals surface area contributed by atoms with E-state index in [4.69, 9.17) is 0 Å². The van der Waals surface area contributed by atoms with Gasteiger partial charge in [-0.25, -0.2) is 0 Å². The van der Waals surface area contributed by atoms with E-state index >= 15 is 0 Å². The molecular weight excluding hydrogens is 494 g/mol. The molecule has 0 fully saturated rings. The van der Waals surface area contributed by atoms with Crippen LogP contribution in [0.25, 0.3) is 0 Å². The van der Waals surface area contributed by atoms with E-state index in [0.29, 0.717) is 0 Å². The molecule has 0 saturated carbocycles. The maximum absolute atomic E-state index is 3.86. The summed E-state index contributed by atoms with van der Waals surface area (Å²) in [6.45, 7) is 9.52. The molecule has 0 aliphatic heterocycles. The van der Waals surface area contributed by atoms with Crippen LogP contribution in [0.4, 0.5) is 0 Å². The van der Waals surface area contributed by atoms with E-state index in [9.17, 15) is 0 Å². The van der Waals surface area contributed by atoms with Crippen LogP contribution in [0.5, 0.6) is 0 Å². The number of nitrogens with one attached hydrogen (secondary N) is 1. The lowest BCUT2D eigenvalue weighted by molar-refractivity contribution is 0.395. The first-order valence-corrected chi connectivity index (χ1v) is 18.3. The van der Waals surface area contributed by atoms with Crippen molar-refractivity contribution < 1.29 is 0 Å². The summed E-state index contributed by atoms with van der Waals surface area (Å²) in [6, 6.07) is 0. The fourth-order valence-corrected chi connectivity index (χ4v) is 5.44. The van der Waals surface area contributed by atoms with E-state index in [1.54, 1.807) is 0 Å². The van der Waals surface area contributed by atoms with Gasteiger partial charge >= 0.3 is 0 Å². The maximum Gasteiger partial charge on any atom is 0.0169 e. The van der Waals surface area contributed by atoms with Crippen LogP contribution in [-0.2, 0) is 0 Å². The fraction of sp³-hybridized carbons (Fsp3) is 0.750. The van der Waals surface area contributed by atoms with E-state index in [0.717, 1.165) is 25.3 Å². The largest absolute Gasteiger partial charge is 0.391 e. The van der Waals surface area contributed by atoms with E-state index in [2.05, 4.69) is 74.4 Å². The average molecular weight is 568 g/mol. The Bertz CT molecular complexity index is 562. The number of unbranched alkanes of at least 4 members (excludes halogenated alkanes) is 18. The van der Waals surface area contributed by atoms with Crippen molar-refractivity contribution in [1.82, 2.24) is 5.32 Å². The zero-order valence-electron chi connectivity index (χ0n) is 28.1. The highest BCUT2D eigenvalue weighted by molar-refractivity contribution is 4.93. The molecule has 0 aromatic heterocycles. The summed E-state index contributed by atoms with van der Waals surface area (Å²) >= 11 is 0. The summed E-state index contributed by atoms with van der Waals surface area (Å²) < 4.78 is 0. The van der Waals surface area contributed by atoms with Gasteiger partial charge < -0.3 is 5.32 Å². The molecular formula is C40H73N. The molecule has 0 aliphatic carbocycles. The van der Waals surface area contributed by atoms with Gasteiger partial charge in [-0.1, -0.05) is 159 Å². The summed E-state index contributed by atoms with van der Waals surface area (Å²) in [7, 11) is 0. The molecule has 0 spiro atoms. The van der Waals surface area contributed by atoms with Crippen molar-refractivity contribution in [2.45, 2.75) is 181 Å². The molecule has 0 unspecified atom stereocenters. The summed E-state index contributed by atoms with van der Waals surface area (Å²) in [6.07, 6.45) is 55.6. The van der Waals surface area contributed by atoms with Gasteiger partial charge in [0, 0.05) is 6.54 Å². The first kappa shape index (κ1) is 39.5. The first-order chi connectivity index (χ1) is 20.3. The van der Waals surface area contributed by atoms with Crippen LogP contribution in [0.15, 0.2) is 61.4 Å². The molecule has 238 valence electrons. The predicted molar refractivity (Wildman–Crippen MR) is 190 cm³/mol. The molecule has 1 nitrogen and oxygen atoms in total. The number of allylic oxidation sites excluding steroid dienone is 8. The van der Waals surface area contributed by atoms with Gasteiger partial charge in [0.25, 0.3) is 0 Å². The van der Waals surface area contributed by atoms with Crippen LogP contribution in [0.2, 0.25) is 0 Å². The molecule has 0 amide bonds. The van der Waals surface area contributed by atoms with Crippen LogP contribution in [0.3, 0.4) is 0 Å². The van der Waals surface area contributed by atoms with Gasteiger partial charge in [-0.15, -0.1) is 0 Å². The molecule has 1 heteroatoms. The number of rotatable bonds is 33. The first-order valence-electron chi connectivity index (χ1n) is 18.3. The van der Waals surface area contributed by atoms with Crippen molar-refractivity contribution in [3.8, 4) is 0 Å². The average Bonchev–Trinajstić information content (AvgIpc) is 2.98. The second-order valence-electron chi connectivity index (χ2n) is 12.2. The van der Waals surface area contributed by atoms with E-state index < -0.39 is 0 Å². The Morgan fingerprint density at radius 2 is 0.780 bits per heavy atom. The van der Waals surface area contributed by atoms with Gasteiger partial charge in [-0.2, -0.15) is 0 Å². The Labute approximate surface area is 259 Å². The van der Waals surface area contributed by atoms with Crippen LogP contribution in [0, 0.1) is 5.92 Å². The predicted octanol–water partition coefficient (Wildman–Crippen LogP) is 13.7. The lowest BCUT2D eigenvalue weighted by Gasteiger charge is -2.17. The van der Waals surface area contributed by atoms with Crippen molar-refractivity contribution in [1.29, 1.82) is 0 Å². The molecule has 41 heavy (non-hydrogen) atoms. The van der Waals surface area contributed by atoms with Gasteiger partial charge in [0.1, 0.15) is 0 Å². The molecule has 0 saturated heterocycles. The van der Waals surface area contributed by atoms with Crippen LogP contribution >= 0.6 is 0 Å². The third kappa shape index (κ3) is 34.6. The Kier molecular flexibility index (Phi) is 35.2. The van der Waals surface area contributed by atoms with E-state index in [-0.39, 0.29) is 0 Å². The fourth-order valence-electron chi connectivity index (χ4n) is 5.44. The second kappa shape index (κ2) is 36.5. The quantitative estimate of drug-likeness (QED) is 0.0614. The Hall–Kier alpha value is -1.50. The van der Waals surface area contributed by atoms with Crippen molar-refractivity contribution in [2.75, 3.05) is 6.54 Å². The van der Waals surface area contributed by atoms with Crippen molar-refractivity contribution in [3.63, 3.8) is 0 Å². The summed E-state index contributed by atoms with van der Waals surface area (Å²) in [5.41, 5.74) is 0. The molecule has 0 aromatic carbocycles. The van der Waals surface area contributed by atoms with Gasteiger partial charge in [0.05, 0.1) is 0 Å². The van der Waals surface area contributed by atoms with Gasteiger partial charge in [-0.05, 0) is 89.2 Å². The number of hydrogen-bond acceptors (Lipinski definition) is 1. The lowest BCUT2D eigenvalue weighted by Crippen LogP contribution is -2.18. The molecule has 0 atom stereocenters. The molecule has 0 bridgehead atoms. The maximum atomic E-state index is 3.86. The topological polar surface area (TPSA) is 12.0 Å². The lowest BCUT2D eigenvalue weighted by atomic mass is 9.94. The van der Waals surface area contributed by atoms with Gasteiger partial charge in [-0.3, -0.25) is 0 Å². The number of hydrogen-bond donors (Lipinski definition) is 1. The third-order valence-electron chi connectivity index (χ3n) is 8.18. The minimum atomic E-state index is 0.824. The smallest absolute Gasteiger partial charge is 0.0169 e. The Morgan fingerprint density at radius 1 is 0.439 bits per heavy atom. The van der Waals surface area contributed by atoms with Crippen molar-refractivity contribution in [3.05, 3.63) is 61.4 Å². The monoisotopic (exact) mass is 568 g/mol. The van der Waals surface area contributed by atoms with E-state index in [1.165, 1.54) is 154 Å². The van der Waals surface area contributed by atoms with Gasteiger partial charge in [0.15, 0.2) is 0 Å². The normalized spacial score (nSPS) is 12.3. The summed E-state index contributed by atoms with van der Waals surface area (Å²) in [5, 5.41) is 3.40. The minimum absolute atomic E-state index is 0.824. The highest BCUT2D eigenvalue weighted by Crippen LogP contribution is 2.19. The van der Waals surface area contributed by atoms with Crippen LogP contribution in [-0.4, -0.2) is 6.54 Å². The zero-order chi connectivity index (χ0) is 29.7. The highest BCUT2D eigenvalue weighted by atomic mass is 14.8. The SMILES string of the molecule is C=CNCC(CCCCCCCC/C=C\C/C=C\CCCCC)CCCCCCCC/C=C\C/C=C\CCCCC. The molecule has 0 aromatic rings. The standard InChI is InChI=1S/C40H73N/c1-4-7-9-11-13-15-17-19-21-23-25-27-29-31-33-35-37-40(39-41-6-3)38-36-34-32-30-28-26-24-22-20-18-16-14-12-10-8-5-2/h6,13-16,19-22,40-41H,3-5,7-12,17-18,23-39H2,1-2H3/b15-13-,16-14-,21-19-,22-20-. The Balaban J connectivity index is 3.61. The molecule has 1 N–H and O–H groups in total. The van der Waals surface area contributed by atoms with Crippen LogP contribution < -0.4 is 5.32 Å². The molecule has 0 radical (unpaired) electrons. The summed E-state index contributed by atoms with van der Waals surface area (Å²) in [4.78, 5) is 0. The summed E-state index contributed by atoms with van der Waals surface area (Å²) in [5.74, 6) is 0.824. The zero-order valence-corrected chi connectivity index (χ0v) is 28.1. The van der Waals surface area contributed by atoms with E-state index in [1.807, 2.05) is 6.20 Å². The molecule has 0 aliphatic rings. The highest BCUT2D eigenvalue weighted by Gasteiger charge is 2.07. The van der Waals surface area contributed by atoms with Crippen LogP contribution in [0.1, 0.15) is 181 Å². The third-order valence-corrected chi connectivity index (χ3v) is 8.18. The molecule has 0 heterocycles. The molecule has 0 rings (SSSR count). The minimum Gasteiger partial charge on any atom is -0.391 e. The van der Waals surface area contributed by atoms with Crippen molar-refractivity contribution >= 4 is 0 Å².